The summed E-state index contributed by atoms with van der Waals surface area (Å²) in [4.78, 5) is 20.0. The van der Waals surface area contributed by atoms with Crippen molar-refractivity contribution in [3.05, 3.63) is 64.6 Å². The highest BCUT2D eigenvalue weighted by Crippen LogP contribution is 2.60. The first-order valence-corrected chi connectivity index (χ1v) is 14.4. The number of rotatable bonds is 3. The fourth-order valence-electron chi connectivity index (χ4n) is 8.07. The molecule has 1 saturated heterocycles. The van der Waals surface area contributed by atoms with E-state index in [2.05, 4.69) is 58.4 Å². The second kappa shape index (κ2) is 8.65. The van der Waals surface area contributed by atoms with Crippen LogP contribution in [-0.4, -0.2) is 29.1 Å². The lowest BCUT2D eigenvalue weighted by molar-refractivity contribution is -0.113. The van der Waals surface area contributed by atoms with E-state index < -0.39 is 0 Å². The zero-order chi connectivity index (χ0) is 23.4. The molecule has 0 N–H and O–H groups in total. The summed E-state index contributed by atoms with van der Waals surface area (Å²) in [6.45, 7) is 2.03. The van der Waals surface area contributed by atoms with Gasteiger partial charge in [-0.3, -0.25) is 4.79 Å². The van der Waals surface area contributed by atoms with E-state index in [9.17, 15) is 4.79 Å². The molecule has 0 unspecified atom stereocenters. The third-order valence-corrected chi connectivity index (χ3v) is 10.3. The van der Waals surface area contributed by atoms with Gasteiger partial charge >= 0.3 is 0 Å². The number of amides is 1. The first kappa shape index (κ1) is 21.9. The summed E-state index contributed by atoms with van der Waals surface area (Å²) in [5, 5.41) is 0.889. The molecule has 5 fully saturated rings. The number of amidine groups is 1. The van der Waals surface area contributed by atoms with Crippen LogP contribution in [0.4, 0.5) is 0 Å². The summed E-state index contributed by atoms with van der Waals surface area (Å²) >= 11 is 1.54. The van der Waals surface area contributed by atoms with Gasteiger partial charge in [0.25, 0.3) is 5.91 Å². The van der Waals surface area contributed by atoms with Crippen LogP contribution in [0.5, 0.6) is 0 Å². The molecule has 2 heterocycles. The highest BCUT2D eigenvalue weighted by molar-refractivity contribution is 8.18. The highest BCUT2D eigenvalue weighted by atomic mass is 32.2. The molecule has 4 aliphatic carbocycles. The second-order valence-corrected chi connectivity index (χ2v) is 12.8. The van der Waals surface area contributed by atoms with Crippen molar-refractivity contribution < 1.29 is 4.79 Å². The first-order chi connectivity index (χ1) is 17.1. The Hall–Kier alpha value is -2.33. The Morgan fingerprint density at radius 2 is 1.51 bits per heavy atom. The van der Waals surface area contributed by atoms with Crippen molar-refractivity contribution in [3.63, 3.8) is 0 Å². The predicted molar refractivity (Wildman–Crippen MR) is 145 cm³/mol. The molecule has 6 aliphatic rings. The van der Waals surface area contributed by atoms with E-state index in [1.165, 1.54) is 68.9 Å². The molecular formula is C31H34N2OS. The Morgan fingerprint density at radius 1 is 0.857 bits per heavy atom. The molecule has 35 heavy (non-hydrogen) atoms. The average molecular weight is 483 g/mol. The van der Waals surface area contributed by atoms with Gasteiger partial charge in [0.2, 0.25) is 0 Å². The van der Waals surface area contributed by atoms with Crippen molar-refractivity contribution >= 4 is 28.9 Å². The molecule has 180 valence electrons. The monoisotopic (exact) mass is 482 g/mol. The number of thioether (sulfide) groups is 1. The lowest BCUT2D eigenvalue weighted by atomic mass is 9.48. The molecule has 4 bridgehead atoms. The molecule has 2 aliphatic heterocycles. The van der Waals surface area contributed by atoms with Gasteiger partial charge in [-0.05, 0) is 127 Å². The molecule has 8 rings (SSSR count). The summed E-state index contributed by atoms with van der Waals surface area (Å²) in [5.41, 5.74) is 5.60. The van der Waals surface area contributed by atoms with Gasteiger partial charge in [0.05, 0.1) is 4.91 Å². The van der Waals surface area contributed by atoms with Crippen molar-refractivity contribution in [3.8, 4) is 11.1 Å². The van der Waals surface area contributed by atoms with E-state index in [0.29, 0.717) is 5.41 Å². The van der Waals surface area contributed by atoms with E-state index in [0.717, 1.165) is 46.5 Å². The maximum atomic E-state index is 12.6. The number of likely N-dealkylation sites (tertiary alicyclic amines) is 1. The van der Waals surface area contributed by atoms with Gasteiger partial charge in [-0.25, -0.2) is 0 Å². The molecule has 4 saturated carbocycles. The third-order valence-electron chi connectivity index (χ3n) is 9.27. The maximum Gasteiger partial charge on any atom is 0.286 e. The van der Waals surface area contributed by atoms with Crippen LogP contribution in [0.2, 0.25) is 0 Å². The molecule has 4 heteroatoms. The lowest BCUT2D eigenvalue weighted by Crippen LogP contribution is -2.48. The van der Waals surface area contributed by atoms with Gasteiger partial charge in [0.1, 0.15) is 0 Å². The first-order valence-electron chi connectivity index (χ1n) is 13.6. The van der Waals surface area contributed by atoms with Crippen LogP contribution < -0.4 is 0 Å². The van der Waals surface area contributed by atoms with Gasteiger partial charge in [0.15, 0.2) is 5.17 Å². The number of aliphatic imine (C=N–C) groups is 1. The minimum absolute atomic E-state index is 0.0928. The van der Waals surface area contributed by atoms with Crippen molar-refractivity contribution in [1.82, 2.24) is 4.90 Å². The van der Waals surface area contributed by atoms with Crippen LogP contribution in [0.3, 0.4) is 0 Å². The van der Waals surface area contributed by atoms with Crippen LogP contribution in [0.15, 0.2) is 58.4 Å². The van der Waals surface area contributed by atoms with Gasteiger partial charge in [0, 0.05) is 13.1 Å². The summed E-state index contributed by atoms with van der Waals surface area (Å²) in [6, 6.07) is 18.1. The van der Waals surface area contributed by atoms with Crippen LogP contribution >= 0.6 is 11.8 Å². The standard InChI is InChI=1S/C31H34N2OS/c34-29-28(35-30(32-29)33-10-2-1-3-11-33)16-21-6-4-7-25(15-21)26-8-5-9-27(17-26)31-18-22-12-23(19-31)14-24(13-22)20-31/h4-9,15-17,22-24H,1-3,10-14,18-20H2/b28-16-. The molecule has 0 atom stereocenters. The number of piperidine rings is 1. The number of hydrogen-bond acceptors (Lipinski definition) is 3. The molecule has 0 spiro atoms. The van der Waals surface area contributed by atoms with Crippen LogP contribution in [0, 0.1) is 17.8 Å². The number of benzene rings is 2. The third kappa shape index (κ3) is 4.08. The molecule has 2 aromatic rings. The Balaban J connectivity index is 1.14. The fraction of sp³-hybridized carbons (Fsp3) is 0.484. The number of carbonyl (C=O) groups excluding carboxylic acids is 1. The lowest BCUT2D eigenvalue weighted by Gasteiger charge is -2.57. The molecule has 0 aromatic heterocycles. The van der Waals surface area contributed by atoms with Crippen molar-refractivity contribution in [2.24, 2.45) is 22.7 Å². The average Bonchev–Trinajstić information content (AvgIpc) is 3.24. The van der Waals surface area contributed by atoms with E-state index in [4.69, 9.17) is 0 Å². The summed E-state index contributed by atoms with van der Waals surface area (Å²) in [5.74, 6) is 2.78. The van der Waals surface area contributed by atoms with Crippen LogP contribution in [-0.2, 0) is 10.2 Å². The highest BCUT2D eigenvalue weighted by Gasteiger charge is 2.51. The summed E-state index contributed by atoms with van der Waals surface area (Å²) in [7, 11) is 0. The normalized spacial score (nSPS) is 33.0. The largest absolute Gasteiger partial charge is 0.351 e. The Kier molecular flexibility index (Phi) is 5.42. The smallest absolute Gasteiger partial charge is 0.286 e. The van der Waals surface area contributed by atoms with Gasteiger partial charge in [-0.2, -0.15) is 4.99 Å². The molecular weight excluding hydrogens is 448 g/mol. The Labute approximate surface area is 213 Å². The van der Waals surface area contributed by atoms with Crippen molar-refractivity contribution in [1.29, 1.82) is 0 Å². The topological polar surface area (TPSA) is 32.7 Å². The predicted octanol–water partition coefficient (Wildman–Crippen LogP) is 7.28. The molecule has 2 aromatic carbocycles. The Bertz CT molecular complexity index is 1190. The minimum atomic E-state index is -0.0928. The van der Waals surface area contributed by atoms with E-state index in [1.807, 2.05) is 6.08 Å². The van der Waals surface area contributed by atoms with Crippen molar-refractivity contribution in [2.75, 3.05) is 13.1 Å². The van der Waals surface area contributed by atoms with E-state index in [1.54, 1.807) is 17.3 Å². The summed E-state index contributed by atoms with van der Waals surface area (Å²) < 4.78 is 0. The van der Waals surface area contributed by atoms with Gasteiger partial charge in [-0.15, -0.1) is 0 Å². The fourth-order valence-corrected chi connectivity index (χ4v) is 9.04. The summed E-state index contributed by atoms with van der Waals surface area (Å²) in [6.07, 6.45) is 14.3. The van der Waals surface area contributed by atoms with Crippen molar-refractivity contribution in [2.45, 2.75) is 63.2 Å². The van der Waals surface area contributed by atoms with Crippen LogP contribution in [0.1, 0.15) is 68.9 Å². The number of hydrogen-bond donors (Lipinski definition) is 0. The van der Waals surface area contributed by atoms with E-state index >= 15 is 0 Å². The number of nitrogens with zero attached hydrogens (tertiary/aromatic N) is 2. The molecule has 3 nitrogen and oxygen atoms in total. The maximum absolute atomic E-state index is 12.6. The molecule has 0 radical (unpaired) electrons. The van der Waals surface area contributed by atoms with Gasteiger partial charge < -0.3 is 4.90 Å². The number of carbonyl (C=O) groups is 1. The SMILES string of the molecule is O=C1N=C(N2CCCCC2)S/C1=C\c1cccc(-c2cccc(C34CC5CC(CC(C5)C3)C4)c2)c1. The van der Waals surface area contributed by atoms with Gasteiger partial charge in [-0.1, -0.05) is 42.5 Å². The minimum Gasteiger partial charge on any atom is -0.351 e. The Morgan fingerprint density at radius 3 is 2.23 bits per heavy atom. The molecule has 1 amide bonds. The second-order valence-electron chi connectivity index (χ2n) is 11.8. The zero-order valence-electron chi connectivity index (χ0n) is 20.4. The van der Waals surface area contributed by atoms with E-state index in [-0.39, 0.29) is 5.91 Å². The quantitative estimate of drug-likeness (QED) is 0.431. The van der Waals surface area contributed by atoms with Crippen LogP contribution in [0.25, 0.3) is 17.2 Å². The zero-order valence-corrected chi connectivity index (χ0v) is 21.2.